The highest BCUT2D eigenvalue weighted by Gasteiger charge is 2.45. The number of nitrogens with zero attached hydrogens (tertiary/aromatic N) is 2. The third-order valence-electron chi connectivity index (χ3n) is 18.2. The molecule has 0 saturated heterocycles. The Morgan fingerprint density at radius 3 is 1.42 bits per heavy atom. The largest absolute Gasteiger partial charge is 0.356 e. The molecule has 0 amide bonds. The molecule has 0 radical (unpaired) electrons. The number of anilines is 5. The number of para-hydroxylation sites is 1. The summed E-state index contributed by atoms with van der Waals surface area (Å²) in [5.74, 6) is 0.795. The fourth-order valence-electron chi connectivity index (χ4n) is 14.2. The van der Waals surface area contributed by atoms with Crippen molar-refractivity contribution in [3.8, 4) is 16.8 Å². The lowest BCUT2D eigenvalue weighted by molar-refractivity contribution is 0.868. The summed E-state index contributed by atoms with van der Waals surface area (Å²) in [6.07, 6.45) is 0. The van der Waals surface area contributed by atoms with Crippen molar-refractivity contribution in [1.82, 2.24) is 4.57 Å². The van der Waals surface area contributed by atoms with Crippen molar-refractivity contribution >= 4 is 127 Å². The zero-order valence-electron chi connectivity index (χ0n) is 47.9. The summed E-state index contributed by atoms with van der Waals surface area (Å²) in [5, 5.41) is 16.4. The predicted molar refractivity (Wildman–Crippen MR) is 366 cm³/mol. The maximum Gasteiger partial charge on any atom is 0.252 e. The lowest BCUT2D eigenvalue weighted by Gasteiger charge is -2.42. The smallest absolute Gasteiger partial charge is 0.252 e. The fourth-order valence-corrected chi connectivity index (χ4v) is 22.0. The van der Waals surface area contributed by atoms with E-state index in [1.807, 2.05) is 0 Å². The van der Waals surface area contributed by atoms with E-state index in [9.17, 15) is 0 Å². The van der Waals surface area contributed by atoms with E-state index in [4.69, 9.17) is 0 Å². The van der Waals surface area contributed by atoms with E-state index in [0.29, 0.717) is 11.8 Å². The van der Waals surface area contributed by atoms with E-state index in [-0.39, 0.29) is 6.71 Å². The van der Waals surface area contributed by atoms with Gasteiger partial charge in [0.1, 0.15) is 8.80 Å². The van der Waals surface area contributed by atoms with Gasteiger partial charge in [-0.1, -0.05) is 280 Å². The molecule has 0 bridgehead atoms. The van der Waals surface area contributed by atoms with Gasteiger partial charge in [0.2, 0.25) is 0 Å². The van der Waals surface area contributed by atoms with Crippen LogP contribution < -0.4 is 62.9 Å². The molecule has 15 rings (SSSR count). The number of hydrogen-bond donors (Lipinski definition) is 1. The molecule has 1 N–H and O–H groups in total. The van der Waals surface area contributed by atoms with Crippen molar-refractivity contribution in [3.63, 3.8) is 0 Å². The molecule has 2 aliphatic rings. The van der Waals surface area contributed by atoms with Gasteiger partial charge in [-0.2, -0.15) is 0 Å². The fraction of sp³-hybridized carbons (Fsp3) is 0.0769. The number of rotatable bonds is 12. The minimum atomic E-state index is -2.85. The molecule has 0 aliphatic carbocycles. The van der Waals surface area contributed by atoms with E-state index >= 15 is 0 Å². The standard InChI is InChI=1S/C78H64BN3Si2/c1-53(2)56-38-46-74-68(48-56)69-49-57(54(3)4)39-47-75(69)81(74)59-50-73-77-76(51-59)82(58-40-43-66(44-41-58)84(63-30-17-8-18-31-63,64-32-19-9-20-33-64)65-34-21-10-22-35-65)78-67(55-24-11-5-12-25-55)36-23-37-70(78)79(77)71-52-62(42-45-72(71)80-73)83(60-26-13-6-14-27-60)61-28-15-7-16-29-61/h5-54,80,83H,1-4H3. The van der Waals surface area contributed by atoms with Crippen LogP contribution in [0.4, 0.5) is 28.4 Å². The van der Waals surface area contributed by atoms with Crippen LogP contribution >= 0.6 is 0 Å². The monoisotopic (exact) mass is 1110 g/mol. The van der Waals surface area contributed by atoms with Crippen LogP contribution in [0.15, 0.2) is 291 Å². The third-order valence-corrected chi connectivity index (χ3v) is 26.1. The van der Waals surface area contributed by atoms with Crippen LogP contribution in [0.1, 0.15) is 50.7 Å². The Balaban J connectivity index is 1.02. The Morgan fingerprint density at radius 2 is 0.893 bits per heavy atom. The highest BCUT2D eigenvalue weighted by Crippen LogP contribution is 2.46. The van der Waals surface area contributed by atoms with Gasteiger partial charge in [0.15, 0.2) is 8.07 Å². The van der Waals surface area contributed by atoms with Gasteiger partial charge in [-0.3, -0.25) is 0 Å². The number of fused-ring (bicyclic) bond motifs is 7. The summed E-state index contributed by atoms with van der Waals surface area (Å²) in [7, 11) is -4.77. The van der Waals surface area contributed by atoms with Gasteiger partial charge in [0, 0.05) is 44.8 Å². The highest BCUT2D eigenvalue weighted by atomic mass is 28.3. The molecule has 402 valence electrons. The summed E-state index contributed by atoms with van der Waals surface area (Å²) in [5.41, 5.74) is 18.3. The molecular formula is C78H64BN3Si2. The van der Waals surface area contributed by atoms with Gasteiger partial charge in [-0.25, -0.2) is 0 Å². The van der Waals surface area contributed by atoms with Crippen LogP contribution in [-0.4, -0.2) is 28.2 Å². The van der Waals surface area contributed by atoms with Crippen molar-refractivity contribution in [1.29, 1.82) is 0 Å². The molecule has 3 nitrogen and oxygen atoms in total. The molecule has 2 aliphatic heterocycles. The van der Waals surface area contributed by atoms with E-state index in [2.05, 4.69) is 334 Å². The zero-order chi connectivity index (χ0) is 56.5. The second-order valence-electron chi connectivity index (χ2n) is 23.6. The molecular weight excluding hydrogens is 1050 g/mol. The number of hydrogen-bond acceptors (Lipinski definition) is 2. The zero-order valence-corrected chi connectivity index (χ0v) is 50.1. The summed E-state index contributed by atoms with van der Waals surface area (Å²) in [4.78, 5) is 2.63. The number of aromatic nitrogens is 1. The van der Waals surface area contributed by atoms with Gasteiger partial charge in [-0.05, 0) is 120 Å². The molecule has 3 heterocycles. The maximum atomic E-state index is 4.19. The van der Waals surface area contributed by atoms with E-state index in [0.717, 1.165) is 22.7 Å². The molecule has 0 spiro atoms. The molecule has 0 fully saturated rings. The summed E-state index contributed by atoms with van der Waals surface area (Å²) < 4.78 is 2.54. The summed E-state index contributed by atoms with van der Waals surface area (Å²) in [6.45, 7) is 9.14. The minimum absolute atomic E-state index is 0.0784. The second kappa shape index (κ2) is 21.1. The second-order valence-corrected chi connectivity index (χ2v) is 30.3. The Hall–Kier alpha value is -9.46. The first-order valence-electron chi connectivity index (χ1n) is 29.9. The average molecular weight is 1110 g/mol. The Labute approximate surface area is 496 Å². The lowest BCUT2D eigenvalue weighted by atomic mass is 9.33. The first-order valence-corrected chi connectivity index (χ1v) is 33.6. The van der Waals surface area contributed by atoms with Gasteiger partial charge < -0.3 is 14.8 Å². The van der Waals surface area contributed by atoms with E-state index in [1.165, 1.54) is 108 Å². The minimum Gasteiger partial charge on any atom is -0.356 e. The SMILES string of the molecule is CC(C)c1ccc2c(c1)c1cc(C(C)C)ccc1n2-c1cc2c3c(c1)N(c1ccc([Si](c4ccccc4)(c4ccccc4)c4ccccc4)cc1)c1c(cccc1-c1ccccc1)B3c1cc([SiH](c3ccccc3)c3ccccc3)ccc1N2. The molecule has 0 unspecified atom stereocenters. The van der Waals surface area contributed by atoms with Crippen LogP contribution in [-0.2, 0) is 0 Å². The number of nitrogens with one attached hydrogen (secondary N) is 1. The van der Waals surface area contributed by atoms with Crippen molar-refractivity contribution in [2.45, 2.75) is 39.5 Å². The molecule has 12 aromatic carbocycles. The molecule has 0 atom stereocenters. The summed E-state index contributed by atoms with van der Waals surface area (Å²) >= 11 is 0. The van der Waals surface area contributed by atoms with Gasteiger partial charge in [-0.15, -0.1) is 0 Å². The normalized spacial score (nSPS) is 12.7. The van der Waals surface area contributed by atoms with Crippen LogP contribution in [0.3, 0.4) is 0 Å². The molecule has 6 heteroatoms. The topological polar surface area (TPSA) is 20.2 Å². The predicted octanol–water partition coefficient (Wildman–Crippen LogP) is 12.7. The first kappa shape index (κ1) is 51.4. The van der Waals surface area contributed by atoms with Crippen LogP contribution in [0.25, 0.3) is 38.6 Å². The molecule has 13 aromatic rings. The van der Waals surface area contributed by atoms with E-state index < -0.39 is 16.9 Å². The van der Waals surface area contributed by atoms with Gasteiger partial charge >= 0.3 is 0 Å². The first-order chi connectivity index (χ1) is 41.3. The van der Waals surface area contributed by atoms with Crippen LogP contribution in [0.2, 0.25) is 0 Å². The molecule has 84 heavy (non-hydrogen) atoms. The Morgan fingerprint density at radius 1 is 0.393 bits per heavy atom. The lowest BCUT2D eigenvalue weighted by Crippen LogP contribution is -2.74. The maximum absolute atomic E-state index is 4.19. The number of benzene rings is 12. The quantitative estimate of drug-likeness (QED) is 0.0972. The average Bonchev–Trinajstić information content (AvgIpc) is 1.03. The Bertz CT molecular complexity index is 4370. The summed E-state index contributed by atoms with van der Waals surface area (Å²) in [6, 6.07) is 111. The van der Waals surface area contributed by atoms with Crippen molar-refractivity contribution in [2.75, 3.05) is 10.2 Å². The van der Waals surface area contributed by atoms with E-state index in [1.54, 1.807) is 0 Å². The van der Waals surface area contributed by atoms with Crippen LogP contribution in [0, 0.1) is 0 Å². The van der Waals surface area contributed by atoms with Crippen molar-refractivity contribution < 1.29 is 0 Å². The molecule has 0 saturated carbocycles. The van der Waals surface area contributed by atoms with Gasteiger partial charge in [0.05, 0.1) is 16.7 Å². The molecule has 1 aromatic heterocycles. The third kappa shape index (κ3) is 8.46. The van der Waals surface area contributed by atoms with Crippen molar-refractivity contribution in [3.05, 3.63) is 302 Å². The highest BCUT2D eigenvalue weighted by molar-refractivity contribution is 7.20. The van der Waals surface area contributed by atoms with Crippen LogP contribution in [0.5, 0.6) is 0 Å². The van der Waals surface area contributed by atoms with Gasteiger partial charge in [0.25, 0.3) is 6.71 Å². The van der Waals surface area contributed by atoms with Crippen molar-refractivity contribution in [2.24, 2.45) is 0 Å². The Kier molecular flexibility index (Phi) is 12.9.